The second-order valence-corrected chi connectivity index (χ2v) is 6.87. The first-order valence-corrected chi connectivity index (χ1v) is 7.94. The Morgan fingerprint density at radius 2 is 1.89 bits per heavy atom. The van der Waals surface area contributed by atoms with Gasteiger partial charge in [-0.25, -0.2) is 0 Å². The smallest absolute Gasteiger partial charge is 0.148 e. The summed E-state index contributed by atoms with van der Waals surface area (Å²) in [5.74, 6) is 1.49. The number of benzene rings is 1. The van der Waals surface area contributed by atoms with Crippen LogP contribution >= 0.6 is 31.9 Å². The Bertz CT molecular complexity index is 421. The molecule has 0 saturated heterocycles. The van der Waals surface area contributed by atoms with Crippen molar-refractivity contribution in [3.05, 3.63) is 38.8 Å². The number of hydrogen-bond donors (Lipinski definition) is 1. The molecule has 4 heteroatoms. The summed E-state index contributed by atoms with van der Waals surface area (Å²) in [6, 6.07) is 4.18. The van der Waals surface area contributed by atoms with Gasteiger partial charge in [0.1, 0.15) is 12.4 Å². The van der Waals surface area contributed by atoms with E-state index in [1.54, 1.807) is 0 Å². The molecule has 0 heterocycles. The number of nitrogens with one attached hydrogen (secondary N) is 1. The zero-order valence-electron chi connectivity index (χ0n) is 11.7. The SMILES string of the molecule is C=C(C)COc1c(Br)cc(CNCC(C)C)cc1Br. The molecule has 1 aromatic carbocycles. The molecule has 106 valence electrons. The van der Waals surface area contributed by atoms with Crippen molar-refractivity contribution in [1.29, 1.82) is 0 Å². The lowest BCUT2D eigenvalue weighted by atomic mass is 10.2. The Morgan fingerprint density at radius 3 is 2.37 bits per heavy atom. The highest BCUT2D eigenvalue weighted by atomic mass is 79.9. The maximum atomic E-state index is 5.71. The van der Waals surface area contributed by atoms with Gasteiger partial charge in [-0.2, -0.15) is 0 Å². The standard InChI is InChI=1S/C15H21Br2NO/c1-10(2)7-18-8-12-5-13(16)15(14(17)6-12)19-9-11(3)4/h5-6,10,18H,3,7-9H2,1-2,4H3. The van der Waals surface area contributed by atoms with Crippen molar-refractivity contribution in [2.75, 3.05) is 13.2 Å². The molecule has 0 aliphatic rings. The van der Waals surface area contributed by atoms with Crippen molar-refractivity contribution in [2.45, 2.75) is 27.3 Å². The summed E-state index contributed by atoms with van der Waals surface area (Å²) in [6.07, 6.45) is 0. The van der Waals surface area contributed by atoms with Crippen LogP contribution in [0.5, 0.6) is 5.75 Å². The Balaban J connectivity index is 2.70. The second kappa shape index (κ2) is 8.08. The second-order valence-electron chi connectivity index (χ2n) is 5.16. The van der Waals surface area contributed by atoms with Crippen molar-refractivity contribution in [3.63, 3.8) is 0 Å². The summed E-state index contributed by atoms with van der Waals surface area (Å²) in [5, 5.41) is 3.43. The van der Waals surface area contributed by atoms with Crippen LogP contribution in [0.3, 0.4) is 0 Å². The van der Waals surface area contributed by atoms with E-state index < -0.39 is 0 Å². The highest BCUT2D eigenvalue weighted by Crippen LogP contribution is 2.35. The molecule has 0 atom stereocenters. The molecule has 1 aromatic rings. The molecule has 2 nitrogen and oxygen atoms in total. The molecule has 0 radical (unpaired) electrons. The fraction of sp³-hybridized carbons (Fsp3) is 0.467. The monoisotopic (exact) mass is 389 g/mol. The minimum Gasteiger partial charge on any atom is -0.487 e. The van der Waals surface area contributed by atoms with Gasteiger partial charge in [0.15, 0.2) is 0 Å². The van der Waals surface area contributed by atoms with Crippen LogP contribution in [0, 0.1) is 5.92 Å². The van der Waals surface area contributed by atoms with Crippen LogP contribution in [0.25, 0.3) is 0 Å². The summed E-state index contributed by atoms with van der Waals surface area (Å²) in [6.45, 7) is 12.6. The van der Waals surface area contributed by atoms with E-state index in [0.29, 0.717) is 12.5 Å². The highest BCUT2D eigenvalue weighted by molar-refractivity contribution is 9.11. The molecule has 0 bridgehead atoms. The van der Waals surface area contributed by atoms with Gasteiger partial charge in [-0.15, -0.1) is 0 Å². The van der Waals surface area contributed by atoms with Crippen LogP contribution in [0.1, 0.15) is 26.3 Å². The average Bonchev–Trinajstić information content (AvgIpc) is 2.26. The van der Waals surface area contributed by atoms with E-state index in [-0.39, 0.29) is 0 Å². The Kier molecular flexibility index (Phi) is 7.11. The fourth-order valence-corrected chi connectivity index (χ4v) is 3.06. The highest BCUT2D eigenvalue weighted by Gasteiger charge is 2.09. The zero-order valence-corrected chi connectivity index (χ0v) is 14.9. The molecule has 0 unspecified atom stereocenters. The molecule has 0 spiro atoms. The normalized spacial score (nSPS) is 10.8. The van der Waals surface area contributed by atoms with E-state index in [9.17, 15) is 0 Å². The van der Waals surface area contributed by atoms with Gasteiger partial charge in [-0.1, -0.05) is 20.4 Å². The van der Waals surface area contributed by atoms with Crippen LogP contribution in [-0.4, -0.2) is 13.2 Å². The van der Waals surface area contributed by atoms with Crippen molar-refractivity contribution >= 4 is 31.9 Å². The van der Waals surface area contributed by atoms with Gasteiger partial charge >= 0.3 is 0 Å². The first-order chi connectivity index (χ1) is 8.90. The third-order valence-electron chi connectivity index (χ3n) is 2.40. The molecule has 0 saturated carbocycles. The molecule has 1 N–H and O–H groups in total. The average molecular weight is 391 g/mol. The van der Waals surface area contributed by atoms with Gasteiger partial charge in [0, 0.05) is 6.54 Å². The predicted octanol–water partition coefficient (Wildman–Crippen LogP) is 4.91. The third-order valence-corrected chi connectivity index (χ3v) is 3.58. The van der Waals surface area contributed by atoms with Crippen LogP contribution in [-0.2, 0) is 6.54 Å². The van der Waals surface area contributed by atoms with Crippen molar-refractivity contribution in [2.24, 2.45) is 5.92 Å². The minimum atomic E-state index is 0.530. The van der Waals surface area contributed by atoms with Gasteiger partial charge in [0.05, 0.1) is 8.95 Å². The first kappa shape index (κ1) is 16.7. The fourth-order valence-electron chi connectivity index (χ4n) is 1.55. The molecule has 0 aliphatic carbocycles. The van der Waals surface area contributed by atoms with Gasteiger partial charge in [-0.3, -0.25) is 0 Å². The summed E-state index contributed by atoms with van der Waals surface area (Å²) >= 11 is 7.11. The van der Waals surface area contributed by atoms with Gasteiger partial charge in [0.2, 0.25) is 0 Å². The van der Waals surface area contributed by atoms with E-state index in [1.165, 1.54) is 5.56 Å². The zero-order chi connectivity index (χ0) is 14.4. The van der Waals surface area contributed by atoms with E-state index in [2.05, 4.69) is 69.7 Å². The number of hydrogen-bond acceptors (Lipinski definition) is 2. The maximum absolute atomic E-state index is 5.71. The Hall–Kier alpha value is -0.320. The molecular formula is C15H21Br2NO. The van der Waals surface area contributed by atoms with Crippen molar-refractivity contribution in [3.8, 4) is 5.75 Å². The quantitative estimate of drug-likeness (QED) is 0.667. The molecule has 0 fully saturated rings. The van der Waals surface area contributed by atoms with Crippen molar-refractivity contribution in [1.82, 2.24) is 5.32 Å². The lowest BCUT2D eigenvalue weighted by Gasteiger charge is -2.13. The van der Waals surface area contributed by atoms with Gasteiger partial charge < -0.3 is 10.1 Å². The Labute approximate surface area is 132 Å². The molecule has 0 aromatic heterocycles. The maximum Gasteiger partial charge on any atom is 0.148 e. The number of ether oxygens (including phenoxy) is 1. The summed E-state index contributed by atoms with van der Waals surface area (Å²) in [5.41, 5.74) is 2.23. The molecular weight excluding hydrogens is 370 g/mol. The van der Waals surface area contributed by atoms with Crippen LogP contribution in [0.15, 0.2) is 33.2 Å². The lowest BCUT2D eigenvalue weighted by Crippen LogP contribution is -2.19. The molecule has 0 aliphatic heterocycles. The van der Waals surface area contributed by atoms with Crippen LogP contribution in [0.4, 0.5) is 0 Å². The summed E-state index contributed by atoms with van der Waals surface area (Å²) < 4.78 is 7.64. The topological polar surface area (TPSA) is 21.3 Å². The first-order valence-electron chi connectivity index (χ1n) is 6.36. The molecule has 19 heavy (non-hydrogen) atoms. The van der Waals surface area contributed by atoms with Crippen molar-refractivity contribution < 1.29 is 4.74 Å². The Morgan fingerprint density at radius 1 is 1.32 bits per heavy atom. The van der Waals surface area contributed by atoms with Crippen LogP contribution < -0.4 is 10.1 Å². The summed E-state index contributed by atoms with van der Waals surface area (Å²) in [7, 11) is 0. The number of halogens is 2. The van der Waals surface area contributed by atoms with Gasteiger partial charge in [-0.05, 0) is 74.5 Å². The van der Waals surface area contributed by atoms with E-state index in [4.69, 9.17) is 4.74 Å². The van der Waals surface area contributed by atoms with E-state index in [0.717, 1.165) is 33.4 Å². The minimum absolute atomic E-state index is 0.530. The molecule has 0 amide bonds. The third kappa shape index (κ3) is 6.11. The number of rotatable bonds is 7. The molecule has 1 rings (SSSR count). The van der Waals surface area contributed by atoms with Gasteiger partial charge in [0.25, 0.3) is 0 Å². The lowest BCUT2D eigenvalue weighted by molar-refractivity contribution is 0.348. The largest absolute Gasteiger partial charge is 0.487 e. The summed E-state index contributed by atoms with van der Waals surface area (Å²) in [4.78, 5) is 0. The van der Waals surface area contributed by atoms with Crippen LogP contribution in [0.2, 0.25) is 0 Å². The van der Waals surface area contributed by atoms with E-state index >= 15 is 0 Å². The van der Waals surface area contributed by atoms with E-state index in [1.807, 2.05) is 6.92 Å². The predicted molar refractivity (Wildman–Crippen MR) is 88.7 cm³/mol.